The number of hydrogen-bond donors (Lipinski definition) is 3. The van der Waals surface area contributed by atoms with Gasteiger partial charge in [-0.25, -0.2) is 9.18 Å². The molecule has 10 heteroatoms. The van der Waals surface area contributed by atoms with E-state index in [2.05, 4.69) is 5.32 Å². The number of rotatable bonds is 12. The van der Waals surface area contributed by atoms with Gasteiger partial charge in [0.05, 0.1) is 37.1 Å². The van der Waals surface area contributed by atoms with Gasteiger partial charge in [0.25, 0.3) is 0 Å². The van der Waals surface area contributed by atoms with Crippen molar-refractivity contribution in [1.29, 1.82) is 0 Å². The molecule has 0 aromatic heterocycles. The number of carboxylic acids is 1. The van der Waals surface area contributed by atoms with Crippen LogP contribution in [-0.4, -0.2) is 48.1 Å². The van der Waals surface area contributed by atoms with E-state index in [1.807, 2.05) is 13.8 Å². The van der Waals surface area contributed by atoms with Gasteiger partial charge in [-0.2, -0.15) is 13.2 Å². The number of alkyl halides is 3. The number of carbonyl (C=O) groups is 1. The number of benzene rings is 3. The van der Waals surface area contributed by atoms with Crippen LogP contribution in [-0.2, 0) is 17.3 Å². The molecular weight excluding hydrogens is 530 g/mol. The maximum Gasteiger partial charge on any atom is 0.417 e. The lowest BCUT2D eigenvalue weighted by Gasteiger charge is -2.28. The summed E-state index contributed by atoms with van der Waals surface area (Å²) < 4.78 is 65.9. The number of nitrogens with one attached hydrogen (secondary N) is 1. The summed E-state index contributed by atoms with van der Waals surface area (Å²) in [6.45, 7) is 5.57. The fraction of sp³-hybridized carbons (Fsp3) is 0.367. The van der Waals surface area contributed by atoms with Crippen molar-refractivity contribution in [1.82, 2.24) is 5.32 Å². The lowest BCUT2D eigenvalue weighted by atomic mass is 9.93. The molecule has 3 aromatic rings. The fourth-order valence-corrected chi connectivity index (χ4v) is 4.38. The minimum absolute atomic E-state index is 0.0682. The first-order chi connectivity index (χ1) is 18.7. The molecule has 0 aliphatic heterocycles. The highest BCUT2D eigenvalue weighted by Gasteiger charge is 2.36. The molecule has 1 unspecified atom stereocenters. The molecule has 216 valence electrons. The van der Waals surface area contributed by atoms with Crippen molar-refractivity contribution >= 4 is 5.97 Å². The van der Waals surface area contributed by atoms with Crippen LogP contribution in [0.5, 0.6) is 5.75 Å². The molecular formula is C30H33F4NO5. The standard InChI is InChI=1S/C30H33F4NO5/c1-18(40-17-21(36)16-35-29(2,3)15-20-9-11-22(39-4)14-27(20)31)23-7-5-6-8-24(23)19-10-12-25(28(37)38)26(13-19)30(32,33)34/h5-14,18,21,35-36H,15-17H2,1-4H3,(H,37,38)/t18?,21-/m1/s1. The first-order valence-electron chi connectivity index (χ1n) is 12.6. The second-order valence-corrected chi connectivity index (χ2v) is 10.2. The first-order valence-corrected chi connectivity index (χ1v) is 12.6. The SMILES string of the molecule is COc1ccc(CC(C)(C)NC[C@@H](O)COC(C)c2ccccc2-c2ccc(C(=O)O)c(C(F)(F)F)c2)c(F)c1. The van der Waals surface area contributed by atoms with E-state index in [0.29, 0.717) is 28.9 Å². The van der Waals surface area contributed by atoms with E-state index in [-0.39, 0.29) is 24.5 Å². The van der Waals surface area contributed by atoms with Crippen LogP contribution in [0.4, 0.5) is 17.6 Å². The minimum Gasteiger partial charge on any atom is -0.497 e. The normalized spacial score (nSPS) is 13.6. The number of methoxy groups -OCH3 is 1. The Bertz CT molecular complexity index is 1330. The summed E-state index contributed by atoms with van der Waals surface area (Å²) in [6, 6.07) is 14.5. The smallest absolute Gasteiger partial charge is 0.417 e. The van der Waals surface area contributed by atoms with Crippen LogP contribution < -0.4 is 10.1 Å². The largest absolute Gasteiger partial charge is 0.497 e. The number of carboxylic acid groups (broad SMARTS) is 1. The number of aromatic carboxylic acids is 1. The maximum absolute atomic E-state index is 14.4. The van der Waals surface area contributed by atoms with E-state index < -0.39 is 41.0 Å². The molecule has 0 fully saturated rings. The monoisotopic (exact) mass is 563 g/mol. The zero-order chi connectivity index (χ0) is 29.7. The van der Waals surface area contributed by atoms with E-state index in [1.165, 1.54) is 19.2 Å². The summed E-state index contributed by atoms with van der Waals surface area (Å²) in [5, 5.41) is 22.9. The van der Waals surface area contributed by atoms with Crippen LogP contribution in [0.15, 0.2) is 60.7 Å². The molecule has 6 nitrogen and oxygen atoms in total. The van der Waals surface area contributed by atoms with Gasteiger partial charge in [-0.3, -0.25) is 0 Å². The number of aliphatic hydroxyl groups is 1. The van der Waals surface area contributed by atoms with Crippen molar-refractivity contribution in [2.24, 2.45) is 0 Å². The average molecular weight is 564 g/mol. The predicted molar refractivity (Wildman–Crippen MR) is 143 cm³/mol. The van der Waals surface area contributed by atoms with Gasteiger partial charge in [0.2, 0.25) is 0 Å². The summed E-state index contributed by atoms with van der Waals surface area (Å²) in [5.74, 6) is -1.62. The number of hydrogen-bond acceptors (Lipinski definition) is 5. The summed E-state index contributed by atoms with van der Waals surface area (Å²) in [6.07, 6.45) is -5.99. The zero-order valence-electron chi connectivity index (χ0n) is 22.7. The Morgan fingerprint density at radius 3 is 2.38 bits per heavy atom. The van der Waals surface area contributed by atoms with E-state index >= 15 is 0 Å². The number of halogens is 4. The maximum atomic E-state index is 14.4. The Labute approximate surface area is 230 Å². The summed E-state index contributed by atoms with van der Waals surface area (Å²) in [5.41, 5.74) is -0.891. The Morgan fingerprint density at radius 2 is 1.75 bits per heavy atom. The molecule has 0 spiro atoms. The van der Waals surface area contributed by atoms with Crippen molar-refractivity contribution in [3.05, 3.63) is 88.7 Å². The molecule has 3 N–H and O–H groups in total. The highest BCUT2D eigenvalue weighted by molar-refractivity contribution is 5.90. The van der Waals surface area contributed by atoms with Gasteiger partial charge in [-0.1, -0.05) is 36.4 Å². The topological polar surface area (TPSA) is 88.0 Å². The molecule has 3 aromatic carbocycles. The number of ether oxygens (including phenoxy) is 2. The molecule has 0 aliphatic rings. The van der Waals surface area contributed by atoms with Crippen LogP contribution >= 0.6 is 0 Å². The molecule has 2 atom stereocenters. The van der Waals surface area contributed by atoms with Gasteiger partial charge in [0.15, 0.2) is 0 Å². The Kier molecular flexibility index (Phi) is 9.94. The molecule has 0 radical (unpaired) electrons. The third-order valence-corrected chi connectivity index (χ3v) is 6.51. The Morgan fingerprint density at radius 1 is 1.05 bits per heavy atom. The fourth-order valence-electron chi connectivity index (χ4n) is 4.38. The van der Waals surface area contributed by atoms with Gasteiger partial charge in [-0.15, -0.1) is 0 Å². The lowest BCUT2D eigenvalue weighted by molar-refractivity contribution is -0.138. The van der Waals surface area contributed by atoms with Gasteiger partial charge >= 0.3 is 12.1 Å². The van der Waals surface area contributed by atoms with Gasteiger partial charge in [0.1, 0.15) is 11.6 Å². The quantitative estimate of drug-likeness (QED) is 0.225. The predicted octanol–water partition coefficient (Wildman–Crippen LogP) is 6.27. The van der Waals surface area contributed by atoms with Crippen LogP contribution in [0, 0.1) is 5.82 Å². The Hall–Kier alpha value is -3.47. The van der Waals surface area contributed by atoms with Crippen molar-refractivity contribution < 1.29 is 42.0 Å². The second kappa shape index (κ2) is 12.8. The third-order valence-electron chi connectivity index (χ3n) is 6.51. The average Bonchev–Trinajstić information content (AvgIpc) is 2.90. The van der Waals surface area contributed by atoms with Crippen molar-refractivity contribution in [3.8, 4) is 16.9 Å². The summed E-state index contributed by atoms with van der Waals surface area (Å²) >= 11 is 0. The summed E-state index contributed by atoms with van der Waals surface area (Å²) in [4.78, 5) is 11.3. The van der Waals surface area contributed by atoms with Crippen LogP contribution in [0.25, 0.3) is 11.1 Å². The molecule has 0 aliphatic carbocycles. The van der Waals surface area contributed by atoms with Crippen molar-refractivity contribution in [2.45, 2.75) is 51.1 Å². The Balaban J connectivity index is 1.66. The van der Waals surface area contributed by atoms with Crippen molar-refractivity contribution in [2.75, 3.05) is 20.3 Å². The first kappa shape index (κ1) is 31.1. The zero-order valence-corrected chi connectivity index (χ0v) is 22.7. The summed E-state index contributed by atoms with van der Waals surface area (Å²) in [7, 11) is 1.46. The lowest BCUT2D eigenvalue weighted by Crippen LogP contribution is -2.46. The number of β-amino-alcohol motifs (C(OH)–C–C–N with tert-alkyl or cyclic N) is 1. The third kappa shape index (κ3) is 8.03. The highest BCUT2D eigenvalue weighted by Crippen LogP contribution is 2.37. The van der Waals surface area contributed by atoms with E-state index in [4.69, 9.17) is 9.47 Å². The molecule has 40 heavy (non-hydrogen) atoms. The van der Waals surface area contributed by atoms with Crippen LogP contribution in [0.1, 0.15) is 53.9 Å². The van der Waals surface area contributed by atoms with E-state index in [1.54, 1.807) is 43.3 Å². The molecule has 3 rings (SSSR count). The van der Waals surface area contributed by atoms with E-state index in [0.717, 1.165) is 12.1 Å². The van der Waals surface area contributed by atoms with Gasteiger partial charge in [0, 0.05) is 18.2 Å². The minimum atomic E-state index is -4.84. The molecule has 0 saturated carbocycles. The molecule has 0 saturated heterocycles. The van der Waals surface area contributed by atoms with Crippen LogP contribution in [0.2, 0.25) is 0 Å². The molecule has 0 bridgehead atoms. The van der Waals surface area contributed by atoms with Crippen molar-refractivity contribution in [3.63, 3.8) is 0 Å². The van der Waals surface area contributed by atoms with Crippen LogP contribution in [0.3, 0.4) is 0 Å². The van der Waals surface area contributed by atoms with Gasteiger partial charge in [-0.05, 0) is 67.6 Å². The molecule has 0 heterocycles. The second-order valence-electron chi connectivity index (χ2n) is 10.2. The highest BCUT2D eigenvalue weighted by atomic mass is 19.4. The number of aliphatic hydroxyl groups excluding tert-OH is 1. The van der Waals surface area contributed by atoms with Gasteiger partial charge < -0.3 is 25.0 Å². The molecule has 0 amide bonds. The van der Waals surface area contributed by atoms with E-state index in [9.17, 15) is 32.6 Å².